The Morgan fingerprint density at radius 1 is 1.41 bits per heavy atom. The molecule has 2 fully saturated rings. The summed E-state index contributed by atoms with van der Waals surface area (Å²) in [6.07, 6.45) is 6.12. The second kappa shape index (κ2) is 5.04. The summed E-state index contributed by atoms with van der Waals surface area (Å²) >= 11 is 1.77. The van der Waals surface area contributed by atoms with Gasteiger partial charge in [0.2, 0.25) is 0 Å². The predicted molar refractivity (Wildman–Crippen MR) is 71.2 cm³/mol. The second-order valence-electron chi connectivity index (χ2n) is 5.36. The largest absolute Gasteiger partial charge is 0.295 e. The molecule has 0 amide bonds. The van der Waals surface area contributed by atoms with Crippen LogP contribution in [0.3, 0.4) is 0 Å². The highest BCUT2D eigenvalue weighted by Crippen LogP contribution is 2.25. The average molecular weight is 251 g/mol. The minimum Gasteiger partial charge on any atom is -0.295 e. The van der Waals surface area contributed by atoms with Crippen LogP contribution in [0.1, 0.15) is 31.2 Å². The molecule has 2 aliphatic rings. The van der Waals surface area contributed by atoms with E-state index in [2.05, 4.69) is 27.1 Å². The SMILES string of the molecule is C[C@H]1CCCCN1C1CN(Cc2nccs2)C1. The zero-order chi connectivity index (χ0) is 11.7. The smallest absolute Gasteiger partial charge is 0.107 e. The van der Waals surface area contributed by atoms with E-state index in [1.807, 2.05) is 6.20 Å². The third-order valence-electron chi connectivity index (χ3n) is 4.10. The molecule has 1 aromatic rings. The maximum atomic E-state index is 4.35. The standard InChI is InChI=1S/C13H21N3S/c1-11-4-2-3-6-16(11)12-8-15(9-12)10-13-14-5-7-17-13/h5,7,11-12H,2-4,6,8-10H2,1H3/t11-/m0/s1. The molecular formula is C13H21N3S. The zero-order valence-electron chi connectivity index (χ0n) is 10.5. The lowest BCUT2D eigenvalue weighted by Gasteiger charge is -2.49. The van der Waals surface area contributed by atoms with Crippen molar-refractivity contribution >= 4 is 11.3 Å². The number of rotatable bonds is 3. The highest BCUT2D eigenvalue weighted by molar-refractivity contribution is 7.09. The highest BCUT2D eigenvalue weighted by atomic mass is 32.1. The van der Waals surface area contributed by atoms with Crippen molar-refractivity contribution in [2.75, 3.05) is 19.6 Å². The molecule has 0 bridgehead atoms. The first kappa shape index (κ1) is 11.6. The fraction of sp³-hybridized carbons (Fsp3) is 0.769. The van der Waals surface area contributed by atoms with Gasteiger partial charge in [-0.1, -0.05) is 6.42 Å². The van der Waals surface area contributed by atoms with Crippen molar-refractivity contribution in [2.45, 2.75) is 44.8 Å². The van der Waals surface area contributed by atoms with E-state index in [0.717, 1.165) is 18.6 Å². The topological polar surface area (TPSA) is 19.4 Å². The van der Waals surface area contributed by atoms with Gasteiger partial charge in [0.1, 0.15) is 5.01 Å². The fourth-order valence-electron chi connectivity index (χ4n) is 3.07. The van der Waals surface area contributed by atoms with Gasteiger partial charge in [0.25, 0.3) is 0 Å². The molecule has 0 radical (unpaired) electrons. The lowest BCUT2D eigenvalue weighted by molar-refractivity contribution is -0.00622. The first-order valence-corrected chi connectivity index (χ1v) is 7.57. The van der Waals surface area contributed by atoms with Gasteiger partial charge >= 0.3 is 0 Å². The lowest BCUT2D eigenvalue weighted by atomic mass is 9.97. The third-order valence-corrected chi connectivity index (χ3v) is 4.87. The van der Waals surface area contributed by atoms with Crippen LogP contribution in [0, 0.1) is 0 Å². The van der Waals surface area contributed by atoms with Crippen molar-refractivity contribution in [3.05, 3.63) is 16.6 Å². The molecule has 3 rings (SSSR count). The van der Waals surface area contributed by atoms with Crippen LogP contribution in [0.5, 0.6) is 0 Å². The highest BCUT2D eigenvalue weighted by Gasteiger charge is 2.34. The molecule has 3 nitrogen and oxygen atoms in total. The van der Waals surface area contributed by atoms with Crippen LogP contribution in [0.15, 0.2) is 11.6 Å². The minimum absolute atomic E-state index is 0.802. The van der Waals surface area contributed by atoms with Crippen molar-refractivity contribution in [1.82, 2.24) is 14.8 Å². The molecule has 0 N–H and O–H groups in total. The quantitative estimate of drug-likeness (QED) is 0.821. The molecule has 1 aromatic heterocycles. The molecule has 0 saturated carbocycles. The Balaban J connectivity index is 1.47. The van der Waals surface area contributed by atoms with Gasteiger partial charge in [-0.25, -0.2) is 4.98 Å². The number of aromatic nitrogens is 1. The van der Waals surface area contributed by atoms with E-state index in [4.69, 9.17) is 0 Å². The van der Waals surface area contributed by atoms with Gasteiger partial charge in [0.15, 0.2) is 0 Å². The van der Waals surface area contributed by atoms with Crippen LogP contribution in [0.4, 0.5) is 0 Å². The van der Waals surface area contributed by atoms with Crippen molar-refractivity contribution in [3.63, 3.8) is 0 Å². The predicted octanol–water partition coefficient (Wildman–Crippen LogP) is 2.20. The average Bonchev–Trinajstić information content (AvgIpc) is 2.77. The van der Waals surface area contributed by atoms with Crippen LogP contribution < -0.4 is 0 Å². The van der Waals surface area contributed by atoms with E-state index < -0.39 is 0 Å². The van der Waals surface area contributed by atoms with Gasteiger partial charge < -0.3 is 0 Å². The number of thiazole rings is 1. The maximum Gasteiger partial charge on any atom is 0.107 e. The molecule has 17 heavy (non-hydrogen) atoms. The Kier molecular flexibility index (Phi) is 3.45. The third kappa shape index (κ3) is 2.54. The van der Waals surface area contributed by atoms with E-state index in [0.29, 0.717) is 0 Å². The Hall–Kier alpha value is -0.450. The lowest BCUT2D eigenvalue weighted by Crippen LogP contribution is -2.61. The van der Waals surface area contributed by atoms with Crippen LogP contribution in [0.25, 0.3) is 0 Å². The molecule has 4 heteroatoms. The van der Waals surface area contributed by atoms with Crippen molar-refractivity contribution in [3.8, 4) is 0 Å². The summed E-state index contributed by atoms with van der Waals surface area (Å²) in [6.45, 7) is 7.24. The Bertz CT molecular complexity index is 346. The van der Waals surface area contributed by atoms with E-state index >= 15 is 0 Å². The summed E-state index contributed by atoms with van der Waals surface area (Å²) < 4.78 is 0. The normalized spacial score (nSPS) is 28.2. The molecule has 3 heterocycles. The second-order valence-corrected chi connectivity index (χ2v) is 6.34. The fourth-order valence-corrected chi connectivity index (χ4v) is 3.72. The number of nitrogens with zero attached hydrogens (tertiary/aromatic N) is 3. The first-order chi connectivity index (χ1) is 8.33. The molecule has 2 aliphatic heterocycles. The summed E-state index contributed by atoms with van der Waals surface area (Å²) in [5, 5.41) is 3.33. The Labute approximate surface area is 107 Å². The van der Waals surface area contributed by atoms with Gasteiger partial charge in [0, 0.05) is 36.8 Å². The Morgan fingerprint density at radius 3 is 3.00 bits per heavy atom. The molecule has 0 spiro atoms. The summed E-state index contributed by atoms with van der Waals surface area (Å²) in [7, 11) is 0. The number of hydrogen-bond acceptors (Lipinski definition) is 4. The van der Waals surface area contributed by atoms with E-state index in [1.54, 1.807) is 11.3 Å². The first-order valence-electron chi connectivity index (χ1n) is 6.69. The molecule has 2 saturated heterocycles. The van der Waals surface area contributed by atoms with Crippen LogP contribution in [0.2, 0.25) is 0 Å². The van der Waals surface area contributed by atoms with Crippen molar-refractivity contribution < 1.29 is 0 Å². The number of piperidine rings is 1. The van der Waals surface area contributed by atoms with Gasteiger partial charge in [-0.2, -0.15) is 0 Å². The molecule has 0 aliphatic carbocycles. The van der Waals surface area contributed by atoms with Crippen LogP contribution in [-0.2, 0) is 6.54 Å². The Morgan fingerprint density at radius 2 is 2.29 bits per heavy atom. The van der Waals surface area contributed by atoms with Crippen LogP contribution in [-0.4, -0.2) is 46.5 Å². The van der Waals surface area contributed by atoms with Crippen molar-refractivity contribution in [2.24, 2.45) is 0 Å². The monoisotopic (exact) mass is 251 g/mol. The van der Waals surface area contributed by atoms with E-state index in [9.17, 15) is 0 Å². The maximum absolute atomic E-state index is 4.35. The van der Waals surface area contributed by atoms with Gasteiger partial charge in [-0.05, 0) is 26.3 Å². The molecule has 94 valence electrons. The van der Waals surface area contributed by atoms with Gasteiger partial charge in [-0.15, -0.1) is 11.3 Å². The molecular weight excluding hydrogens is 230 g/mol. The van der Waals surface area contributed by atoms with Crippen molar-refractivity contribution in [1.29, 1.82) is 0 Å². The molecule has 1 atom stereocenters. The summed E-state index contributed by atoms with van der Waals surface area (Å²) in [4.78, 5) is 9.60. The summed E-state index contributed by atoms with van der Waals surface area (Å²) in [5.41, 5.74) is 0. The van der Waals surface area contributed by atoms with E-state index in [1.165, 1.54) is 43.9 Å². The summed E-state index contributed by atoms with van der Waals surface area (Å²) in [5.74, 6) is 0. The minimum atomic E-state index is 0.802. The summed E-state index contributed by atoms with van der Waals surface area (Å²) in [6, 6.07) is 1.61. The number of hydrogen-bond donors (Lipinski definition) is 0. The zero-order valence-corrected chi connectivity index (χ0v) is 11.3. The van der Waals surface area contributed by atoms with E-state index in [-0.39, 0.29) is 0 Å². The molecule has 0 aromatic carbocycles. The molecule has 0 unspecified atom stereocenters. The van der Waals surface area contributed by atoms with Gasteiger partial charge in [-0.3, -0.25) is 9.80 Å². The van der Waals surface area contributed by atoms with Gasteiger partial charge in [0.05, 0.1) is 6.54 Å². The number of likely N-dealkylation sites (tertiary alicyclic amines) is 2. The van der Waals surface area contributed by atoms with Crippen LogP contribution >= 0.6 is 11.3 Å².